The highest BCUT2D eigenvalue weighted by molar-refractivity contribution is 5.68. The summed E-state index contributed by atoms with van der Waals surface area (Å²) in [6.07, 6.45) is 1.60. The second-order valence-electron chi connectivity index (χ2n) is 5.20. The molecule has 4 nitrogen and oxygen atoms in total. The molecule has 0 aliphatic carbocycles. The third kappa shape index (κ3) is 4.89. The molecular formula is C15H25FN2O2. The molecule has 4 N–H and O–H groups in total. The van der Waals surface area contributed by atoms with Gasteiger partial charge in [0.2, 0.25) is 0 Å². The number of rotatable bonds is 8. The van der Waals surface area contributed by atoms with E-state index in [9.17, 15) is 4.39 Å². The topological polar surface area (TPSA) is 67.5 Å². The highest BCUT2D eigenvalue weighted by Gasteiger charge is 2.12. The second-order valence-corrected chi connectivity index (χ2v) is 5.20. The fraction of sp³-hybridized carbons (Fsp3) is 0.600. The maximum absolute atomic E-state index is 13.7. The number of ether oxygens (including phenoxy) is 1. The van der Waals surface area contributed by atoms with Gasteiger partial charge in [0.15, 0.2) is 11.6 Å². The molecule has 5 heteroatoms. The van der Waals surface area contributed by atoms with Crippen molar-refractivity contribution in [3.63, 3.8) is 0 Å². The molecule has 0 fully saturated rings. The van der Waals surface area contributed by atoms with Crippen LogP contribution in [0, 0.1) is 11.7 Å². The van der Waals surface area contributed by atoms with Gasteiger partial charge in [-0.25, -0.2) is 4.39 Å². The zero-order valence-corrected chi connectivity index (χ0v) is 12.4. The van der Waals surface area contributed by atoms with E-state index in [0.29, 0.717) is 23.8 Å². The quantitative estimate of drug-likeness (QED) is 0.642. The lowest BCUT2D eigenvalue weighted by molar-refractivity contribution is 0.231. The van der Waals surface area contributed by atoms with E-state index in [2.05, 4.69) is 12.2 Å². The molecule has 0 aliphatic rings. The SMILES string of the molecule is CCC(CCO)CNc1cc(OC(C)C)c(F)cc1N. The lowest BCUT2D eigenvalue weighted by Crippen LogP contribution is -2.16. The van der Waals surface area contributed by atoms with Crippen molar-refractivity contribution in [1.29, 1.82) is 0 Å². The van der Waals surface area contributed by atoms with Crippen molar-refractivity contribution in [3.05, 3.63) is 17.9 Å². The van der Waals surface area contributed by atoms with Crippen LogP contribution >= 0.6 is 0 Å². The van der Waals surface area contributed by atoms with Crippen molar-refractivity contribution >= 4 is 11.4 Å². The van der Waals surface area contributed by atoms with E-state index in [1.807, 2.05) is 13.8 Å². The molecule has 1 aromatic rings. The number of nitrogen functional groups attached to an aromatic ring is 1. The smallest absolute Gasteiger partial charge is 0.167 e. The van der Waals surface area contributed by atoms with E-state index in [1.54, 1.807) is 6.07 Å². The first-order valence-electron chi connectivity index (χ1n) is 7.08. The molecule has 1 rings (SSSR count). The lowest BCUT2D eigenvalue weighted by Gasteiger charge is -2.18. The fourth-order valence-electron chi connectivity index (χ4n) is 1.95. The molecule has 0 spiro atoms. The predicted molar refractivity (Wildman–Crippen MR) is 80.5 cm³/mol. The molecule has 0 heterocycles. The summed E-state index contributed by atoms with van der Waals surface area (Å²) in [4.78, 5) is 0. The molecule has 114 valence electrons. The van der Waals surface area contributed by atoms with E-state index in [1.165, 1.54) is 6.07 Å². The van der Waals surface area contributed by atoms with Gasteiger partial charge in [-0.15, -0.1) is 0 Å². The fourth-order valence-corrected chi connectivity index (χ4v) is 1.95. The second kappa shape index (κ2) is 7.94. The van der Waals surface area contributed by atoms with Gasteiger partial charge in [0.05, 0.1) is 17.5 Å². The Hall–Kier alpha value is -1.49. The maximum Gasteiger partial charge on any atom is 0.167 e. The van der Waals surface area contributed by atoms with Gasteiger partial charge in [-0.1, -0.05) is 13.3 Å². The summed E-state index contributed by atoms with van der Waals surface area (Å²) in [7, 11) is 0. The van der Waals surface area contributed by atoms with Gasteiger partial charge in [0.25, 0.3) is 0 Å². The lowest BCUT2D eigenvalue weighted by atomic mass is 10.0. The van der Waals surface area contributed by atoms with E-state index in [4.69, 9.17) is 15.6 Å². The third-order valence-corrected chi connectivity index (χ3v) is 3.16. The van der Waals surface area contributed by atoms with Gasteiger partial charge in [-0.05, 0) is 26.2 Å². The number of hydrogen-bond acceptors (Lipinski definition) is 4. The summed E-state index contributed by atoms with van der Waals surface area (Å²) in [5, 5.41) is 12.2. The Morgan fingerprint density at radius 3 is 2.65 bits per heavy atom. The Morgan fingerprint density at radius 1 is 1.40 bits per heavy atom. The minimum Gasteiger partial charge on any atom is -0.488 e. The van der Waals surface area contributed by atoms with Crippen LogP contribution in [0.25, 0.3) is 0 Å². The molecule has 0 saturated carbocycles. The maximum atomic E-state index is 13.7. The van der Waals surface area contributed by atoms with Crippen LogP contribution in [-0.2, 0) is 0 Å². The van der Waals surface area contributed by atoms with Crippen molar-refractivity contribution in [2.45, 2.75) is 39.7 Å². The summed E-state index contributed by atoms with van der Waals surface area (Å²) in [6, 6.07) is 2.86. The normalized spacial score (nSPS) is 12.5. The molecule has 1 unspecified atom stereocenters. The van der Waals surface area contributed by atoms with Gasteiger partial charge in [-0.3, -0.25) is 0 Å². The number of aliphatic hydroxyl groups excluding tert-OH is 1. The van der Waals surface area contributed by atoms with Crippen molar-refractivity contribution in [2.75, 3.05) is 24.2 Å². The molecule has 0 bridgehead atoms. The summed E-state index contributed by atoms with van der Waals surface area (Å²) < 4.78 is 19.1. The van der Waals surface area contributed by atoms with Crippen LogP contribution < -0.4 is 15.8 Å². The monoisotopic (exact) mass is 284 g/mol. The largest absolute Gasteiger partial charge is 0.488 e. The Balaban J connectivity index is 2.78. The number of benzene rings is 1. The number of hydrogen-bond donors (Lipinski definition) is 3. The molecule has 1 atom stereocenters. The van der Waals surface area contributed by atoms with Gasteiger partial charge in [0, 0.05) is 25.3 Å². The highest BCUT2D eigenvalue weighted by atomic mass is 19.1. The average molecular weight is 284 g/mol. The van der Waals surface area contributed by atoms with Gasteiger partial charge in [-0.2, -0.15) is 0 Å². The Kier molecular flexibility index (Phi) is 6.58. The average Bonchev–Trinajstić information content (AvgIpc) is 2.38. The first-order chi connectivity index (χ1) is 9.47. The highest BCUT2D eigenvalue weighted by Crippen LogP contribution is 2.29. The summed E-state index contributed by atoms with van der Waals surface area (Å²) in [5.41, 5.74) is 6.84. The number of anilines is 2. The summed E-state index contributed by atoms with van der Waals surface area (Å²) >= 11 is 0. The molecule has 0 radical (unpaired) electrons. The van der Waals surface area contributed by atoms with Crippen molar-refractivity contribution in [1.82, 2.24) is 0 Å². The van der Waals surface area contributed by atoms with Crippen LogP contribution in [0.4, 0.5) is 15.8 Å². The molecule has 20 heavy (non-hydrogen) atoms. The Morgan fingerprint density at radius 2 is 2.10 bits per heavy atom. The molecule has 1 aromatic carbocycles. The standard InChI is InChI=1S/C15H25FN2O2/c1-4-11(5-6-19)9-18-14-8-15(20-10(2)3)12(16)7-13(14)17/h7-8,10-11,18-19H,4-6,9,17H2,1-3H3. The van der Waals surface area contributed by atoms with Crippen molar-refractivity contribution in [2.24, 2.45) is 5.92 Å². The van der Waals surface area contributed by atoms with Gasteiger partial charge in [0.1, 0.15) is 0 Å². The van der Waals surface area contributed by atoms with E-state index in [0.717, 1.165) is 12.8 Å². The molecule has 0 aliphatic heterocycles. The van der Waals surface area contributed by atoms with Gasteiger partial charge >= 0.3 is 0 Å². The van der Waals surface area contributed by atoms with Crippen LogP contribution in [0.3, 0.4) is 0 Å². The minimum absolute atomic E-state index is 0.0984. The van der Waals surface area contributed by atoms with Crippen LogP contribution in [0.5, 0.6) is 5.75 Å². The van der Waals surface area contributed by atoms with Gasteiger partial charge < -0.3 is 20.9 Å². The first-order valence-corrected chi connectivity index (χ1v) is 7.08. The first kappa shape index (κ1) is 16.6. The summed E-state index contributed by atoms with van der Waals surface area (Å²) in [5.74, 6) is 0.106. The molecule has 0 amide bonds. The molecular weight excluding hydrogens is 259 g/mol. The third-order valence-electron chi connectivity index (χ3n) is 3.16. The number of nitrogens with two attached hydrogens (primary N) is 1. The summed E-state index contributed by atoms with van der Waals surface area (Å²) in [6.45, 7) is 6.62. The molecule has 0 aromatic heterocycles. The Labute approximate surface area is 120 Å². The predicted octanol–water partition coefficient (Wildman–Crippen LogP) is 3.02. The Bertz CT molecular complexity index is 425. The minimum atomic E-state index is -0.454. The van der Waals surface area contributed by atoms with Crippen molar-refractivity contribution < 1.29 is 14.2 Å². The number of nitrogens with one attached hydrogen (secondary N) is 1. The van der Waals surface area contributed by atoms with Crippen LogP contribution in [0.2, 0.25) is 0 Å². The number of halogens is 1. The van der Waals surface area contributed by atoms with Crippen molar-refractivity contribution in [3.8, 4) is 5.75 Å². The van der Waals surface area contributed by atoms with Crippen LogP contribution in [0.1, 0.15) is 33.6 Å². The van der Waals surface area contributed by atoms with Crippen LogP contribution in [-0.4, -0.2) is 24.4 Å². The van der Waals surface area contributed by atoms with E-state index < -0.39 is 5.82 Å². The zero-order valence-electron chi connectivity index (χ0n) is 12.4. The van der Waals surface area contributed by atoms with Crippen LogP contribution in [0.15, 0.2) is 12.1 Å². The van der Waals surface area contributed by atoms with E-state index >= 15 is 0 Å². The number of aliphatic hydroxyl groups is 1. The molecule has 0 saturated heterocycles. The van der Waals surface area contributed by atoms with E-state index in [-0.39, 0.29) is 18.5 Å². The zero-order chi connectivity index (χ0) is 15.1.